The van der Waals surface area contributed by atoms with E-state index in [-0.39, 0.29) is 22.1 Å². The van der Waals surface area contributed by atoms with Gasteiger partial charge >= 0.3 is 5.97 Å². The Morgan fingerprint density at radius 2 is 2.24 bits per heavy atom. The van der Waals surface area contributed by atoms with Gasteiger partial charge in [0.25, 0.3) is 9.96 Å². The molecule has 0 bridgehead atoms. The fraction of sp³-hybridized carbons (Fsp3) is 0.333. The Bertz CT molecular complexity index is 1050. The minimum absolute atomic E-state index is 0.0191. The van der Waals surface area contributed by atoms with Crippen molar-refractivity contribution in [2.75, 3.05) is 11.5 Å². The molecule has 1 saturated heterocycles. The average Bonchev–Trinajstić information content (AvgIpc) is 3.35. The number of hydrogen-bond donors (Lipinski definition) is 3. The van der Waals surface area contributed by atoms with E-state index in [1.165, 1.54) is 34.8 Å². The van der Waals surface area contributed by atoms with Crippen molar-refractivity contribution in [3.8, 4) is 0 Å². The molecule has 1 fully saturated rings. The van der Waals surface area contributed by atoms with Crippen LogP contribution in [0.1, 0.15) is 4.88 Å². The molecule has 4 heterocycles. The number of aliphatic carboxylic acids is 1. The van der Waals surface area contributed by atoms with Gasteiger partial charge in [0.15, 0.2) is 5.16 Å². The normalized spacial score (nSPS) is 21.0. The van der Waals surface area contributed by atoms with Gasteiger partial charge in [-0.25, -0.2) is 9.78 Å². The maximum atomic E-state index is 12.6. The predicted octanol–water partition coefficient (Wildman–Crippen LogP) is 0.361. The third-order valence-electron chi connectivity index (χ3n) is 4.18. The lowest BCUT2D eigenvalue weighted by atomic mass is 10.0. The Morgan fingerprint density at radius 3 is 2.90 bits per heavy atom. The molecule has 2 aliphatic heterocycles. The van der Waals surface area contributed by atoms with Crippen molar-refractivity contribution in [2.45, 2.75) is 23.0 Å². The van der Waals surface area contributed by atoms with Crippen molar-refractivity contribution >= 4 is 64.0 Å². The van der Waals surface area contributed by atoms with E-state index >= 15 is 0 Å². The van der Waals surface area contributed by atoms with Crippen molar-refractivity contribution in [1.82, 2.24) is 25.4 Å². The standard InChI is InChI=1S/C15H13N5O5S4/c21-8(1-7-4-28-15(25)29-7)18-9-11(22)20-10(13(23)24)6(2-26-12(9)20)3-27-14-16-5-17-19-14/h4-5,9,12H,1-3H2,(H,18,21)(H,23,24)(H,16,17,19). The summed E-state index contributed by atoms with van der Waals surface area (Å²) < 4.78 is -0.0894. The van der Waals surface area contributed by atoms with Crippen molar-refractivity contribution in [3.63, 3.8) is 0 Å². The Morgan fingerprint density at radius 1 is 1.41 bits per heavy atom. The van der Waals surface area contributed by atoms with Crippen LogP contribution in [0.3, 0.4) is 0 Å². The first kappa shape index (κ1) is 20.1. The topological polar surface area (TPSA) is 145 Å². The molecule has 29 heavy (non-hydrogen) atoms. The summed E-state index contributed by atoms with van der Waals surface area (Å²) in [4.78, 5) is 53.7. The number of nitrogens with one attached hydrogen (secondary N) is 2. The quantitative estimate of drug-likeness (QED) is 0.385. The zero-order valence-corrected chi connectivity index (χ0v) is 17.8. The second kappa shape index (κ2) is 8.30. The molecule has 0 radical (unpaired) electrons. The third kappa shape index (κ3) is 4.10. The minimum Gasteiger partial charge on any atom is -0.477 e. The van der Waals surface area contributed by atoms with Gasteiger partial charge in [0.2, 0.25) is 5.91 Å². The van der Waals surface area contributed by atoms with Crippen LogP contribution in [0.5, 0.6) is 0 Å². The summed E-state index contributed by atoms with van der Waals surface area (Å²) in [5.41, 5.74) is 0.577. The van der Waals surface area contributed by atoms with E-state index in [2.05, 4.69) is 20.5 Å². The first-order chi connectivity index (χ1) is 13.9. The van der Waals surface area contributed by atoms with Crippen molar-refractivity contribution in [3.05, 3.63) is 36.7 Å². The molecule has 10 nitrogen and oxygen atoms in total. The summed E-state index contributed by atoms with van der Waals surface area (Å²) in [6.45, 7) is 0. The van der Waals surface area contributed by atoms with Crippen molar-refractivity contribution in [2.24, 2.45) is 0 Å². The van der Waals surface area contributed by atoms with Crippen LogP contribution in [0, 0.1) is 0 Å². The number of nitrogens with zero attached hydrogens (tertiary/aromatic N) is 3. The van der Waals surface area contributed by atoms with Crippen LogP contribution in [0.2, 0.25) is 0 Å². The summed E-state index contributed by atoms with van der Waals surface area (Å²) in [5.74, 6) is -1.21. The molecule has 2 aromatic heterocycles. The molecular formula is C15H13N5O5S4. The molecule has 0 spiro atoms. The van der Waals surface area contributed by atoms with E-state index < -0.39 is 23.3 Å². The molecule has 14 heteroatoms. The summed E-state index contributed by atoms with van der Waals surface area (Å²) in [6.07, 6.45) is 1.38. The van der Waals surface area contributed by atoms with Crippen LogP contribution in [0.15, 0.2) is 32.9 Å². The molecule has 0 aromatic carbocycles. The molecule has 4 rings (SSSR count). The summed E-state index contributed by atoms with van der Waals surface area (Å²) in [6, 6.07) is -0.777. The van der Waals surface area contributed by atoms with Crippen LogP contribution in [0.25, 0.3) is 0 Å². The number of carboxylic acids is 1. The van der Waals surface area contributed by atoms with Gasteiger partial charge in [-0.05, 0) is 5.57 Å². The average molecular weight is 472 g/mol. The molecular weight excluding hydrogens is 458 g/mol. The highest BCUT2D eigenvalue weighted by Gasteiger charge is 2.54. The third-order valence-corrected chi connectivity index (χ3v) is 8.45. The number of aromatic amines is 1. The highest BCUT2D eigenvalue weighted by atomic mass is 32.2. The van der Waals surface area contributed by atoms with E-state index in [1.807, 2.05) is 0 Å². The van der Waals surface area contributed by atoms with Crippen LogP contribution in [0.4, 0.5) is 0 Å². The fourth-order valence-corrected chi connectivity index (χ4v) is 6.93. The summed E-state index contributed by atoms with van der Waals surface area (Å²) in [5, 5.41) is 20.5. The lowest BCUT2D eigenvalue weighted by Gasteiger charge is -2.49. The molecule has 2 amide bonds. The smallest absolute Gasteiger partial charge is 0.352 e. The maximum absolute atomic E-state index is 12.6. The van der Waals surface area contributed by atoms with Crippen LogP contribution in [-0.2, 0) is 20.8 Å². The van der Waals surface area contributed by atoms with E-state index in [0.717, 1.165) is 22.7 Å². The van der Waals surface area contributed by atoms with E-state index in [9.17, 15) is 24.3 Å². The van der Waals surface area contributed by atoms with Gasteiger partial charge in [-0.2, -0.15) is 5.10 Å². The number of amides is 2. The number of hydrogen-bond acceptors (Lipinski definition) is 10. The van der Waals surface area contributed by atoms with E-state index in [4.69, 9.17) is 0 Å². The molecule has 0 aliphatic carbocycles. The van der Waals surface area contributed by atoms with Gasteiger partial charge in [0.1, 0.15) is 23.4 Å². The number of β-lactam (4-membered cyclic amide) rings is 1. The van der Waals surface area contributed by atoms with Gasteiger partial charge in [-0.1, -0.05) is 34.4 Å². The molecule has 3 N–H and O–H groups in total. The Kier molecular flexibility index (Phi) is 5.76. The number of rotatable bonds is 7. The van der Waals surface area contributed by atoms with Gasteiger partial charge in [-0.3, -0.25) is 24.4 Å². The maximum Gasteiger partial charge on any atom is 0.352 e. The number of thioether (sulfide) groups is 2. The second-order valence-electron chi connectivity index (χ2n) is 6.02. The lowest BCUT2D eigenvalue weighted by Crippen LogP contribution is -2.70. The molecule has 2 aromatic rings. The molecule has 0 saturated carbocycles. The summed E-state index contributed by atoms with van der Waals surface area (Å²) in [7, 11) is 0. The first-order valence-electron chi connectivity index (χ1n) is 8.19. The van der Waals surface area contributed by atoms with Crippen LogP contribution >= 0.6 is 46.2 Å². The summed E-state index contributed by atoms with van der Waals surface area (Å²) >= 11 is 4.75. The minimum atomic E-state index is -1.18. The number of carboxylic acid groups (broad SMARTS) is 1. The molecule has 2 atom stereocenters. The van der Waals surface area contributed by atoms with Gasteiger partial charge in [-0.15, -0.1) is 11.8 Å². The van der Waals surface area contributed by atoms with Gasteiger partial charge in [0, 0.05) is 21.8 Å². The van der Waals surface area contributed by atoms with Crippen molar-refractivity contribution < 1.29 is 19.5 Å². The Labute approximate surface area is 179 Å². The first-order valence-corrected chi connectivity index (χ1v) is 11.9. The molecule has 2 aliphatic rings. The second-order valence-corrected chi connectivity index (χ2v) is 10.3. The van der Waals surface area contributed by atoms with Gasteiger partial charge < -0.3 is 10.4 Å². The lowest BCUT2D eigenvalue weighted by molar-refractivity contribution is -0.150. The number of aromatic nitrogens is 3. The molecule has 152 valence electrons. The SMILES string of the molecule is O=C(Cc1csc(=O)s1)NC1C(=O)N2C(C(=O)O)=C(CSc3ncn[nH]3)CSC12. The highest BCUT2D eigenvalue weighted by Crippen LogP contribution is 2.41. The largest absolute Gasteiger partial charge is 0.477 e. The Balaban J connectivity index is 1.44. The van der Waals surface area contributed by atoms with E-state index in [0.29, 0.717) is 27.1 Å². The predicted molar refractivity (Wildman–Crippen MR) is 109 cm³/mol. The van der Waals surface area contributed by atoms with Gasteiger partial charge in [0.05, 0.1) is 6.42 Å². The Hall–Kier alpha value is -2.16. The monoisotopic (exact) mass is 471 g/mol. The van der Waals surface area contributed by atoms with Crippen LogP contribution in [-0.4, -0.2) is 65.9 Å². The van der Waals surface area contributed by atoms with E-state index in [1.54, 1.807) is 5.38 Å². The number of H-pyrrole nitrogens is 1. The number of fused-ring (bicyclic) bond motifs is 1. The van der Waals surface area contributed by atoms with Crippen molar-refractivity contribution in [1.29, 1.82) is 0 Å². The fourth-order valence-electron chi connectivity index (χ4n) is 2.94. The zero-order chi connectivity index (χ0) is 20.5. The number of carbonyl (C=O) groups excluding carboxylic acids is 2. The molecule has 2 unspecified atom stereocenters. The highest BCUT2D eigenvalue weighted by molar-refractivity contribution is 8.01. The number of carbonyl (C=O) groups is 3. The zero-order valence-electron chi connectivity index (χ0n) is 14.5. The van der Waals surface area contributed by atoms with Crippen LogP contribution < -0.4 is 9.37 Å².